The second kappa shape index (κ2) is 11.3. The van der Waals surface area contributed by atoms with E-state index >= 15 is 0 Å². The highest BCUT2D eigenvalue weighted by molar-refractivity contribution is 6.04. The standard InChI is InChI=1S/C43H28N4/c1-3-9-28(10-4-1)36-23-19-30-13-7-14-31-20-25-38(46-41(31)40(30)44-36)34-15-8-16-35(27-34)39-26-22-33-18-17-32-21-24-37(29-11-5-2-6-12-29)45-42(32)43(33)47-39/h1-13,15-27H,14H2. The zero-order valence-corrected chi connectivity index (χ0v) is 25.5. The van der Waals surface area contributed by atoms with Gasteiger partial charge >= 0.3 is 0 Å². The maximum atomic E-state index is 5.25. The molecule has 1 aliphatic rings. The lowest BCUT2D eigenvalue weighted by molar-refractivity contribution is 1.18. The van der Waals surface area contributed by atoms with Crippen LogP contribution in [0.4, 0.5) is 0 Å². The number of hydrogen-bond acceptors (Lipinski definition) is 4. The summed E-state index contributed by atoms with van der Waals surface area (Å²) in [7, 11) is 0. The number of nitrogens with zero attached hydrogens (tertiary/aromatic N) is 4. The smallest absolute Gasteiger partial charge is 0.0972 e. The van der Waals surface area contributed by atoms with Crippen LogP contribution in [-0.4, -0.2) is 19.9 Å². The minimum Gasteiger partial charge on any atom is -0.246 e. The van der Waals surface area contributed by atoms with Gasteiger partial charge in [-0.1, -0.05) is 127 Å². The Balaban J connectivity index is 1.13. The number of allylic oxidation sites excluding steroid dienone is 1. The Bertz CT molecular complexity index is 2480. The normalized spacial score (nSPS) is 12.1. The Kier molecular flexibility index (Phi) is 6.50. The van der Waals surface area contributed by atoms with Crippen LogP contribution in [0.25, 0.3) is 84.3 Å². The molecule has 4 aromatic carbocycles. The monoisotopic (exact) mass is 600 g/mol. The first-order valence-electron chi connectivity index (χ1n) is 15.9. The SMILES string of the molecule is C1=Cc2ccc(-c3ccccc3)nc2-c2nc(-c3cccc(-c4ccc5ccc6ccc(-c7ccccc7)nc6c5n4)c3)ccc2C1. The Morgan fingerprint density at radius 2 is 0.872 bits per heavy atom. The topological polar surface area (TPSA) is 51.6 Å². The molecule has 0 N–H and O–H groups in total. The number of hydrogen-bond donors (Lipinski definition) is 0. The van der Waals surface area contributed by atoms with Crippen LogP contribution in [0.15, 0.2) is 152 Å². The predicted octanol–water partition coefficient (Wildman–Crippen LogP) is 10.5. The van der Waals surface area contributed by atoms with E-state index in [2.05, 4.69) is 121 Å². The highest BCUT2D eigenvalue weighted by atomic mass is 14.8. The molecular formula is C43H28N4. The summed E-state index contributed by atoms with van der Waals surface area (Å²) in [4.78, 5) is 20.7. The summed E-state index contributed by atoms with van der Waals surface area (Å²) in [6.45, 7) is 0. The van der Waals surface area contributed by atoms with E-state index in [-0.39, 0.29) is 0 Å². The Morgan fingerprint density at radius 3 is 1.53 bits per heavy atom. The summed E-state index contributed by atoms with van der Waals surface area (Å²) < 4.78 is 0. The van der Waals surface area contributed by atoms with Crippen molar-refractivity contribution in [2.45, 2.75) is 6.42 Å². The molecule has 0 saturated heterocycles. The number of fused-ring (bicyclic) bond motifs is 6. The molecule has 4 aromatic heterocycles. The molecule has 1 aliphatic carbocycles. The lowest BCUT2D eigenvalue weighted by Crippen LogP contribution is -1.98. The van der Waals surface area contributed by atoms with Crippen molar-refractivity contribution >= 4 is 27.9 Å². The van der Waals surface area contributed by atoms with Crippen LogP contribution in [-0.2, 0) is 6.42 Å². The van der Waals surface area contributed by atoms with Gasteiger partial charge in [-0.25, -0.2) is 19.9 Å². The lowest BCUT2D eigenvalue weighted by atomic mass is 10.0. The van der Waals surface area contributed by atoms with Crippen molar-refractivity contribution in [2.24, 2.45) is 0 Å². The molecule has 220 valence electrons. The zero-order valence-electron chi connectivity index (χ0n) is 25.5. The van der Waals surface area contributed by atoms with Crippen molar-refractivity contribution in [2.75, 3.05) is 0 Å². The maximum absolute atomic E-state index is 5.25. The maximum Gasteiger partial charge on any atom is 0.0972 e. The molecule has 9 rings (SSSR count). The lowest BCUT2D eigenvalue weighted by Gasteiger charge is -2.12. The fourth-order valence-electron chi connectivity index (χ4n) is 6.43. The van der Waals surface area contributed by atoms with Gasteiger partial charge in [0.25, 0.3) is 0 Å². The van der Waals surface area contributed by atoms with Crippen LogP contribution in [0.1, 0.15) is 11.1 Å². The average molecular weight is 601 g/mol. The molecule has 0 spiro atoms. The number of rotatable bonds is 4. The molecule has 4 heteroatoms. The second-order valence-corrected chi connectivity index (χ2v) is 11.9. The molecule has 47 heavy (non-hydrogen) atoms. The summed E-state index contributed by atoms with van der Waals surface area (Å²) in [5.74, 6) is 0. The Morgan fingerprint density at radius 1 is 0.383 bits per heavy atom. The first kappa shape index (κ1) is 27.1. The van der Waals surface area contributed by atoms with Gasteiger partial charge in [0.15, 0.2) is 0 Å². The summed E-state index contributed by atoms with van der Waals surface area (Å²) in [5, 5.41) is 2.14. The molecule has 0 amide bonds. The van der Waals surface area contributed by atoms with Crippen LogP contribution < -0.4 is 0 Å². The van der Waals surface area contributed by atoms with E-state index < -0.39 is 0 Å². The number of benzene rings is 4. The van der Waals surface area contributed by atoms with Crippen LogP contribution in [0.2, 0.25) is 0 Å². The van der Waals surface area contributed by atoms with Crippen LogP contribution >= 0.6 is 0 Å². The molecular weight excluding hydrogens is 573 g/mol. The fraction of sp³-hybridized carbons (Fsp3) is 0.0233. The van der Waals surface area contributed by atoms with Crippen molar-refractivity contribution in [1.29, 1.82) is 0 Å². The highest BCUT2D eigenvalue weighted by Gasteiger charge is 2.18. The van der Waals surface area contributed by atoms with Gasteiger partial charge in [-0.2, -0.15) is 0 Å². The largest absolute Gasteiger partial charge is 0.246 e. The molecule has 4 heterocycles. The van der Waals surface area contributed by atoms with Gasteiger partial charge in [0, 0.05) is 38.6 Å². The molecule has 0 atom stereocenters. The van der Waals surface area contributed by atoms with Gasteiger partial charge in [-0.05, 0) is 42.3 Å². The van der Waals surface area contributed by atoms with Crippen molar-refractivity contribution in [3.8, 4) is 56.4 Å². The van der Waals surface area contributed by atoms with E-state index in [1.807, 2.05) is 36.4 Å². The van der Waals surface area contributed by atoms with Gasteiger partial charge in [0.1, 0.15) is 0 Å². The first-order chi connectivity index (χ1) is 23.3. The minimum atomic E-state index is 0.814. The van der Waals surface area contributed by atoms with Crippen LogP contribution in [0, 0.1) is 0 Å². The van der Waals surface area contributed by atoms with E-state index in [1.54, 1.807) is 0 Å². The molecule has 0 aliphatic heterocycles. The average Bonchev–Trinajstić information content (AvgIpc) is 3.33. The molecule has 0 bridgehead atoms. The van der Waals surface area contributed by atoms with E-state index in [4.69, 9.17) is 19.9 Å². The molecule has 8 aromatic rings. The molecule has 4 nitrogen and oxygen atoms in total. The quantitative estimate of drug-likeness (QED) is 0.189. The van der Waals surface area contributed by atoms with E-state index in [0.29, 0.717) is 0 Å². The van der Waals surface area contributed by atoms with Gasteiger partial charge < -0.3 is 0 Å². The van der Waals surface area contributed by atoms with E-state index in [0.717, 1.165) is 90.2 Å². The first-order valence-corrected chi connectivity index (χ1v) is 15.9. The molecule has 0 radical (unpaired) electrons. The van der Waals surface area contributed by atoms with E-state index in [9.17, 15) is 0 Å². The van der Waals surface area contributed by atoms with Gasteiger partial charge in [0.05, 0.1) is 45.2 Å². The molecule has 0 fully saturated rings. The third-order valence-corrected chi connectivity index (χ3v) is 8.88. The second-order valence-electron chi connectivity index (χ2n) is 11.9. The fourth-order valence-corrected chi connectivity index (χ4v) is 6.43. The van der Waals surface area contributed by atoms with Crippen molar-refractivity contribution in [1.82, 2.24) is 19.9 Å². The third kappa shape index (κ3) is 4.97. The Labute approximate surface area is 272 Å². The van der Waals surface area contributed by atoms with E-state index in [1.165, 1.54) is 5.56 Å². The summed E-state index contributed by atoms with van der Waals surface area (Å²) in [5.41, 5.74) is 13.8. The van der Waals surface area contributed by atoms with Crippen molar-refractivity contribution in [3.63, 3.8) is 0 Å². The Hall–Kier alpha value is -6.26. The van der Waals surface area contributed by atoms with Gasteiger partial charge in [0.2, 0.25) is 0 Å². The third-order valence-electron chi connectivity index (χ3n) is 8.88. The highest BCUT2D eigenvalue weighted by Crippen LogP contribution is 2.34. The zero-order chi connectivity index (χ0) is 31.2. The summed E-state index contributed by atoms with van der Waals surface area (Å²) in [6, 6.07) is 50.3. The van der Waals surface area contributed by atoms with Crippen molar-refractivity contribution in [3.05, 3.63) is 163 Å². The number of pyridine rings is 4. The van der Waals surface area contributed by atoms with Crippen LogP contribution in [0.5, 0.6) is 0 Å². The molecule has 0 saturated carbocycles. The summed E-state index contributed by atoms with van der Waals surface area (Å²) in [6.07, 6.45) is 5.17. The molecule has 0 unspecified atom stereocenters. The summed E-state index contributed by atoms with van der Waals surface area (Å²) >= 11 is 0. The van der Waals surface area contributed by atoms with Crippen LogP contribution in [0.3, 0.4) is 0 Å². The minimum absolute atomic E-state index is 0.814. The van der Waals surface area contributed by atoms with Gasteiger partial charge in [-0.3, -0.25) is 0 Å². The van der Waals surface area contributed by atoms with Gasteiger partial charge in [-0.15, -0.1) is 0 Å². The number of aromatic nitrogens is 4. The predicted molar refractivity (Wildman–Crippen MR) is 193 cm³/mol. The van der Waals surface area contributed by atoms with Crippen molar-refractivity contribution < 1.29 is 0 Å².